The number of nitrogens with zero attached hydrogens (tertiary/aromatic N) is 2. The number of carbonyl (C=O) groups excluding carboxylic acids is 1. The van der Waals surface area contributed by atoms with E-state index in [0.717, 1.165) is 15.6 Å². The molecule has 1 N–H and O–H groups in total. The Morgan fingerprint density at radius 3 is 2.45 bits per heavy atom. The highest BCUT2D eigenvalue weighted by atomic mass is 79.9. The summed E-state index contributed by atoms with van der Waals surface area (Å²) in [4.78, 5) is 22.4. The number of rotatable bonds is 8. The van der Waals surface area contributed by atoms with Crippen molar-refractivity contribution in [2.45, 2.75) is 13.0 Å². The molecule has 158 valence electrons. The molecule has 0 fully saturated rings. The molecule has 3 aromatic carbocycles. The summed E-state index contributed by atoms with van der Waals surface area (Å²) in [6.07, 6.45) is 1.65. The highest BCUT2D eigenvalue weighted by Gasteiger charge is 2.07. The number of nitro benzene ring substituents is 1. The summed E-state index contributed by atoms with van der Waals surface area (Å²) in [5, 5.41) is 15.2. The third kappa shape index (κ3) is 6.91. The summed E-state index contributed by atoms with van der Waals surface area (Å²) in [6.45, 7) is 0.205. The third-order valence-corrected chi connectivity index (χ3v) is 4.95. The molecule has 3 aromatic rings. The summed E-state index contributed by atoms with van der Waals surface area (Å²) < 4.78 is 6.75. The van der Waals surface area contributed by atoms with E-state index in [1.165, 1.54) is 18.3 Å². The quantitative estimate of drug-likeness (QED) is 0.257. The molecular formula is C22H17BrClN3O4. The second kappa shape index (κ2) is 10.7. The molecule has 0 aromatic heterocycles. The molecule has 0 bridgehead atoms. The first kappa shape index (κ1) is 22.5. The highest BCUT2D eigenvalue weighted by molar-refractivity contribution is 9.10. The monoisotopic (exact) mass is 501 g/mol. The van der Waals surface area contributed by atoms with Crippen molar-refractivity contribution < 1.29 is 14.5 Å². The molecule has 0 saturated heterocycles. The van der Waals surface area contributed by atoms with Crippen LogP contribution in [0, 0.1) is 10.1 Å². The number of nitrogens with one attached hydrogen (secondary N) is 1. The van der Waals surface area contributed by atoms with Gasteiger partial charge in [-0.05, 0) is 53.6 Å². The van der Waals surface area contributed by atoms with Gasteiger partial charge in [0.2, 0.25) is 5.91 Å². The summed E-state index contributed by atoms with van der Waals surface area (Å²) in [7, 11) is 0. The van der Waals surface area contributed by atoms with Gasteiger partial charge in [-0.2, -0.15) is 5.10 Å². The van der Waals surface area contributed by atoms with Gasteiger partial charge in [-0.15, -0.1) is 0 Å². The molecule has 0 unspecified atom stereocenters. The lowest BCUT2D eigenvalue weighted by molar-refractivity contribution is -0.384. The van der Waals surface area contributed by atoms with E-state index >= 15 is 0 Å². The van der Waals surface area contributed by atoms with Gasteiger partial charge in [0.15, 0.2) is 0 Å². The first-order valence-corrected chi connectivity index (χ1v) is 10.3. The molecule has 0 spiro atoms. The number of nitro groups is 1. The molecule has 7 nitrogen and oxygen atoms in total. The summed E-state index contributed by atoms with van der Waals surface area (Å²) in [5.74, 6) is 0.252. The Hall–Kier alpha value is -3.23. The number of ether oxygens (including phenoxy) is 1. The zero-order valence-corrected chi connectivity index (χ0v) is 18.5. The second-order valence-electron chi connectivity index (χ2n) is 6.49. The number of halogens is 2. The largest absolute Gasteiger partial charge is 0.488 e. The lowest BCUT2D eigenvalue weighted by Gasteiger charge is -2.09. The highest BCUT2D eigenvalue weighted by Crippen LogP contribution is 2.23. The summed E-state index contributed by atoms with van der Waals surface area (Å²) >= 11 is 9.43. The van der Waals surface area contributed by atoms with Crippen LogP contribution in [0.4, 0.5) is 5.69 Å². The minimum atomic E-state index is -0.455. The van der Waals surface area contributed by atoms with Gasteiger partial charge in [0.25, 0.3) is 5.69 Å². The van der Waals surface area contributed by atoms with Gasteiger partial charge >= 0.3 is 0 Å². The lowest BCUT2D eigenvalue weighted by Crippen LogP contribution is -2.19. The van der Waals surface area contributed by atoms with Crippen molar-refractivity contribution in [2.75, 3.05) is 0 Å². The van der Waals surface area contributed by atoms with Gasteiger partial charge < -0.3 is 4.74 Å². The maximum Gasteiger partial charge on any atom is 0.269 e. The van der Waals surface area contributed by atoms with Crippen molar-refractivity contribution in [1.29, 1.82) is 0 Å². The zero-order valence-electron chi connectivity index (χ0n) is 16.1. The van der Waals surface area contributed by atoms with Crippen LogP contribution in [0.3, 0.4) is 0 Å². The van der Waals surface area contributed by atoms with Gasteiger partial charge in [-0.3, -0.25) is 14.9 Å². The molecule has 3 rings (SSSR count). The summed E-state index contributed by atoms with van der Waals surface area (Å²) in [5.41, 5.74) is 4.72. The maximum absolute atomic E-state index is 12.1. The van der Waals surface area contributed by atoms with Gasteiger partial charge in [0.1, 0.15) is 12.4 Å². The first-order chi connectivity index (χ1) is 14.9. The molecular weight excluding hydrogens is 486 g/mol. The normalized spacial score (nSPS) is 10.8. The van der Waals surface area contributed by atoms with E-state index in [1.807, 2.05) is 24.3 Å². The van der Waals surface area contributed by atoms with E-state index in [0.29, 0.717) is 16.3 Å². The number of benzene rings is 3. The molecule has 0 radical (unpaired) electrons. The molecule has 1 amide bonds. The van der Waals surface area contributed by atoms with Crippen molar-refractivity contribution in [3.05, 3.63) is 103 Å². The predicted molar refractivity (Wildman–Crippen MR) is 122 cm³/mol. The molecule has 31 heavy (non-hydrogen) atoms. The van der Waals surface area contributed by atoms with E-state index in [-0.39, 0.29) is 24.6 Å². The number of hydrogen-bond donors (Lipinski definition) is 1. The molecule has 0 aliphatic carbocycles. The van der Waals surface area contributed by atoms with Crippen LogP contribution in [0.5, 0.6) is 5.75 Å². The average molecular weight is 503 g/mol. The number of carbonyl (C=O) groups is 1. The van der Waals surface area contributed by atoms with E-state index < -0.39 is 4.92 Å². The predicted octanol–water partition coefficient (Wildman–Crippen LogP) is 5.28. The van der Waals surface area contributed by atoms with E-state index in [2.05, 4.69) is 26.5 Å². The second-order valence-corrected chi connectivity index (χ2v) is 7.84. The smallest absolute Gasteiger partial charge is 0.269 e. The average Bonchev–Trinajstić information content (AvgIpc) is 2.75. The number of non-ortho nitro benzene ring substituents is 1. The van der Waals surface area contributed by atoms with Crippen molar-refractivity contribution in [1.82, 2.24) is 5.43 Å². The fourth-order valence-electron chi connectivity index (χ4n) is 2.63. The van der Waals surface area contributed by atoms with E-state index in [4.69, 9.17) is 16.3 Å². The molecule has 0 heterocycles. The van der Waals surface area contributed by atoms with Crippen molar-refractivity contribution >= 4 is 45.3 Å². The van der Waals surface area contributed by atoms with Gasteiger partial charge in [-0.25, -0.2) is 5.43 Å². The van der Waals surface area contributed by atoms with Gasteiger partial charge in [0, 0.05) is 27.2 Å². The Balaban J connectivity index is 1.61. The van der Waals surface area contributed by atoms with E-state index in [9.17, 15) is 14.9 Å². The Morgan fingerprint density at radius 1 is 1.10 bits per heavy atom. The van der Waals surface area contributed by atoms with Crippen LogP contribution in [0.25, 0.3) is 0 Å². The Kier molecular flexibility index (Phi) is 7.75. The lowest BCUT2D eigenvalue weighted by atomic mass is 10.1. The SMILES string of the molecule is O=C(Cc1ccc(Br)cc1)N/N=C\c1cc(Cl)ccc1OCc1ccc([N+](=O)[O-])cc1. The molecule has 9 heteroatoms. The van der Waals surface area contributed by atoms with Crippen LogP contribution >= 0.6 is 27.5 Å². The van der Waals surface area contributed by atoms with Crippen LogP contribution in [0.1, 0.15) is 16.7 Å². The van der Waals surface area contributed by atoms with Crippen LogP contribution in [-0.2, 0) is 17.8 Å². The minimum absolute atomic E-state index is 0.0157. The van der Waals surface area contributed by atoms with Crippen LogP contribution < -0.4 is 10.2 Å². The minimum Gasteiger partial charge on any atom is -0.488 e. The van der Waals surface area contributed by atoms with Crippen LogP contribution in [0.15, 0.2) is 76.3 Å². The van der Waals surface area contributed by atoms with Crippen LogP contribution in [-0.4, -0.2) is 17.0 Å². The van der Waals surface area contributed by atoms with Gasteiger partial charge in [0.05, 0.1) is 17.6 Å². The fourth-order valence-corrected chi connectivity index (χ4v) is 3.07. The molecule has 0 saturated carbocycles. The number of hydrogen-bond acceptors (Lipinski definition) is 5. The first-order valence-electron chi connectivity index (χ1n) is 9.13. The third-order valence-electron chi connectivity index (χ3n) is 4.18. The Morgan fingerprint density at radius 2 is 1.77 bits per heavy atom. The Labute approximate surface area is 192 Å². The number of amides is 1. The van der Waals surface area contributed by atoms with Crippen molar-refractivity contribution in [3.63, 3.8) is 0 Å². The van der Waals surface area contributed by atoms with Crippen LogP contribution in [0.2, 0.25) is 5.02 Å². The zero-order chi connectivity index (χ0) is 22.2. The maximum atomic E-state index is 12.1. The standard InChI is InChI=1S/C22H17BrClN3O4/c23-18-5-1-15(2-6-18)11-22(28)26-25-13-17-12-19(24)7-10-21(17)31-14-16-3-8-20(9-4-16)27(29)30/h1-10,12-13H,11,14H2,(H,26,28)/b25-13-. The Bertz CT molecular complexity index is 1100. The summed E-state index contributed by atoms with van der Waals surface area (Å²) in [6, 6.07) is 18.6. The molecule has 0 atom stereocenters. The number of hydrazone groups is 1. The van der Waals surface area contributed by atoms with Crippen molar-refractivity contribution in [2.24, 2.45) is 5.10 Å². The van der Waals surface area contributed by atoms with Crippen molar-refractivity contribution in [3.8, 4) is 5.75 Å². The molecule has 0 aliphatic rings. The molecule has 0 aliphatic heterocycles. The fraction of sp³-hybridized carbons (Fsp3) is 0.0909. The van der Waals surface area contributed by atoms with Gasteiger partial charge in [-0.1, -0.05) is 39.7 Å². The topological polar surface area (TPSA) is 93.8 Å². The van der Waals surface area contributed by atoms with E-state index in [1.54, 1.807) is 30.3 Å².